The van der Waals surface area contributed by atoms with Crippen molar-refractivity contribution in [2.24, 2.45) is 0 Å². The first-order valence-corrected chi connectivity index (χ1v) is 7.48. The normalized spacial score (nSPS) is 19.5. The van der Waals surface area contributed by atoms with E-state index in [2.05, 4.69) is 4.98 Å². The van der Waals surface area contributed by atoms with Crippen LogP contribution in [0.3, 0.4) is 0 Å². The lowest BCUT2D eigenvalue weighted by Crippen LogP contribution is -2.11. The van der Waals surface area contributed by atoms with Crippen LogP contribution in [-0.2, 0) is 14.6 Å². The number of rotatable bonds is 3. The molecule has 1 aliphatic rings. The van der Waals surface area contributed by atoms with E-state index in [1.807, 2.05) is 0 Å². The van der Waals surface area contributed by atoms with Gasteiger partial charge in [-0.15, -0.1) is 0 Å². The van der Waals surface area contributed by atoms with Gasteiger partial charge in [0, 0.05) is 12.9 Å². The highest BCUT2D eigenvalue weighted by molar-refractivity contribution is 7.90. The minimum atomic E-state index is -3.75. The third-order valence-electron chi connectivity index (χ3n) is 2.84. The molecule has 0 amide bonds. The summed E-state index contributed by atoms with van der Waals surface area (Å²) in [6.07, 6.45) is 1.90. The number of ether oxygens (including phenoxy) is 1. The van der Waals surface area contributed by atoms with Crippen molar-refractivity contribution in [2.75, 3.05) is 12.9 Å². The molecule has 2 rings (SSSR count). The Morgan fingerprint density at radius 1 is 1.53 bits per heavy atom. The highest BCUT2D eigenvalue weighted by Gasteiger charge is 2.27. The number of aromatic carboxylic acids is 1. The minimum Gasteiger partial charge on any atom is -0.504 e. The molecule has 7 nitrogen and oxygen atoms in total. The lowest BCUT2D eigenvalue weighted by molar-refractivity contribution is 0.0683. The van der Waals surface area contributed by atoms with Gasteiger partial charge >= 0.3 is 5.97 Å². The van der Waals surface area contributed by atoms with Crippen molar-refractivity contribution in [1.29, 1.82) is 0 Å². The number of carboxylic acids is 1. The van der Waals surface area contributed by atoms with E-state index in [9.17, 15) is 18.3 Å². The maximum absolute atomic E-state index is 11.6. The van der Waals surface area contributed by atoms with Crippen molar-refractivity contribution >= 4 is 15.8 Å². The zero-order valence-corrected chi connectivity index (χ0v) is 11.0. The lowest BCUT2D eigenvalue weighted by Gasteiger charge is -2.12. The Hall–Kier alpha value is -1.67. The molecule has 0 aromatic carbocycles. The average Bonchev–Trinajstić information content (AvgIpc) is 2.80. The molecule has 0 saturated carbocycles. The second-order valence-electron chi connectivity index (χ2n) is 4.32. The molecule has 1 unspecified atom stereocenters. The molecule has 0 radical (unpaired) electrons. The van der Waals surface area contributed by atoms with E-state index in [0.29, 0.717) is 13.0 Å². The summed E-state index contributed by atoms with van der Waals surface area (Å²) in [6, 6.07) is 1.17. The van der Waals surface area contributed by atoms with Crippen LogP contribution in [0, 0.1) is 0 Å². The zero-order valence-electron chi connectivity index (χ0n) is 10.2. The summed E-state index contributed by atoms with van der Waals surface area (Å²) in [6.45, 7) is 0.518. The van der Waals surface area contributed by atoms with E-state index in [1.54, 1.807) is 0 Å². The van der Waals surface area contributed by atoms with Gasteiger partial charge in [0.05, 0.1) is 11.8 Å². The lowest BCUT2D eigenvalue weighted by atomic mass is 10.1. The predicted octanol–water partition coefficient (Wildman–Crippen LogP) is 0.740. The Morgan fingerprint density at radius 3 is 2.68 bits per heavy atom. The van der Waals surface area contributed by atoms with Crippen LogP contribution in [0.25, 0.3) is 0 Å². The molecule has 19 heavy (non-hydrogen) atoms. The van der Waals surface area contributed by atoms with Crippen LogP contribution >= 0.6 is 0 Å². The van der Waals surface area contributed by atoms with Crippen LogP contribution in [-0.4, -0.2) is 42.4 Å². The van der Waals surface area contributed by atoms with Crippen LogP contribution in [0.1, 0.15) is 35.1 Å². The number of aromatic nitrogens is 1. The second-order valence-corrected chi connectivity index (χ2v) is 6.31. The van der Waals surface area contributed by atoms with Gasteiger partial charge < -0.3 is 14.9 Å². The first-order chi connectivity index (χ1) is 8.80. The third-order valence-corrected chi connectivity index (χ3v) is 3.95. The summed E-state index contributed by atoms with van der Waals surface area (Å²) < 4.78 is 28.5. The molecule has 0 bridgehead atoms. The van der Waals surface area contributed by atoms with Gasteiger partial charge in [-0.2, -0.15) is 0 Å². The summed E-state index contributed by atoms with van der Waals surface area (Å²) in [4.78, 5) is 14.4. The molecule has 2 heterocycles. The van der Waals surface area contributed by atoms with Crippen LogP contribution in [0.2, 0.25) is 0 Å². The zero-order chi connectivity index (χ0) is 14.2. The molecule has 104 valence electrons. The van der Waals surface area contributed by atoms with Gasteiger partial charge in [0.25, 0.3) is 0 Å². The van der Waals surface area contributed by atoms with Gasteiger partial charge in [-0.05, 0) is 18.9 Å². The molecule has 1 aromatic rings. The van der Waals surface area contributed by atoms with Crippen molar-refractivity contribution in [3.63, 3.8) is 0 Å². The van der Waals surface area contributed by atoms with Crippen molar-refractivity contribution < 1.29 is 28.2 Å². The van der Waals surface area contributed by atoms with Crippen molar-refractivity contribution in [2.45, 2.75) is 23.8 Å². The molecule has 0 aliphatic carbocycles. The topological polar surface area (TPSA) is 114 Å². The van der Waals surface area contributed by atoms with E-state index in [-0.39, 0.29) is 5.69 Å². The highest BCUT2D eigenvalue weighted by atomic mass is 32.2. The highest BCUT2D eigenvalue weighted by Crippen LogP contribution is 2.33. The minimum absolute atomic E-state index is 0.216. The van der Waals surface area contributed by atoms with Crippen LogP contribution in [0.4, 0.5) is 0 Å². The van der Waals surface area contributed by atoms with Gasteiger partial charge in [0.15, 0.2) is 21.3 Å². The molecular formula is C11H13NO6S. The van der Waals surface area contributed by atoms with E-state index in [0.717, 1.165) is 12.7 Å². The van der Waals surface area contributed by atoms with Crippen LogP contribution in [0.15, 0.2) is 11.0 Å². The first-order valence-electron chi connectivity index (χ1n) is 5.59. The fourth-order valence-corrected chi connectivity index (χ4v) is 2.72. The predicted molar refractivity (Wildman–Crippen MR) is 63.9 cm³/mol. The number of hydrogen-bond donors (Lipinski definition) is 2. The Balaban J connectivity index is 2.63. The number of hydrogen-bond acceptors (Lipinski definition) is 6. The number of carbonyl (C=O) groups is 1. The van der Waals surface area contributed by atoms with Gasteiger partial charge in [0.1, 0.15) is 4.90 Å². The maximum Gasteiger partial charge on any atom is 0.358 e. The molecule has 1 saturated heterocycles. The van der Waals surface area contributed by atoms with Crippen molar-refractivity contribution in [3.8, 4) is 5.75 Å². The Morgan fingerprint density at radius 2 is 2.21 bits per heavy atom. The van der Waals surface area contributed by atoms with Crippen molar-refractivity contribution in [1.82, 2.24) is 4.98 Å². The van der Waals surface area contributed by atoms with Gasteiger partial charge in [-0.25, -0.2) is 18.2 Å². The molecule has 8 heteroatoms. The monoisotopic (exact) mass is 287 g/mol. The summed E-state index contributed by atoms with van der Waals surface area (Å²) in [5.41, 5.74) is -0.457. The Labute approximate surface area is 109 Å². The summed E-state index contributed by atoms with van der Waals surface area (Å²) >= 11 is 0. The second kappa shape index (κ2) is 4.78. The first kappa shape index (κ1) is 13.8. The SMILES string of the molecule is CS(=O)(=O)c1cc(C2CCCO2)nc(C(=O)O)c1O. The number of carboxylic acid groups (broad SMARTS) is 1. The van der Waals surface area contributed by atoms with E-state index in [4.69, 9.17) is 9.84 Å². The standard InChI is InChI=1S/C11H13NO6S/c1-19(16,17)8-5-6(7-3-2-4-18-7)12-9(10(8)13)11(14)15/h5,7,13H,2-4H2,1H3,(H,14,15). The number of pyridine rings is 1. The number of sulfone groups is 1. The summed E-state index contributed by atoms with van der Waals surface area (Å²) in [5.74, 6) is -2.32. The fraction of sp³-hybridized carbons (Fsp3) is 0.455. The maximum atomic E-state index is 11.6. The largest absolute Gasteiger partial charge is 0.504 e. The quantitative estimate of drug-likeness (QED) is 0.842. The van der Waals surface area contributed by atoms with Crippen LogP contribution < -0.4 is 0 Å². The summed E-state index contributed by atoms with van der Waals surface area (Å²) in [7, 11) is -3.75. The molecule has 1 aliphatic heterocycles. The third kappa shape index (κ3) is 2.69. The fourth-order valence-electron chi connectivity index (χ4n) is 1.94. The summed E-state index contributed by atoms with van der Waals surface area (Å²) in [5, 5.41) is 18.7. The molecule has 0 spiro atoms. The van der Waals surface area contributed by atoms with E-state index in [1.165, 1.54) is 6.07 Å². The molecule has 1 fully saturated rings. The van der Waals surface area contributed by atoms with Gasteiger partial charge in [0.2, 0.25) is 0 Å². The molecule has 2 N–H and O–H groups in total. The van der Waals surface area contributed by atoms with Crippen LogP contribution in [0.5, 0.6) is 5.75 Å². The van der Waals surface area contributed by atoms with Gasteiger partial charge in [-0.3, -0.25) is 0 Å². The average molecular weight is 287 g/mol. The van der Waals surface area contributed by atoms with Crippen molar-refractivity contribution in [3.05, 3.63) is 17.5 Å². The number of aromatic hydroxyl groups is 1. The van der Waals surface area contributed by atoms with Gasteiger partial charge in [-0.1, -0.05) is 0 Å². The molecule has 1 aromatic heterocycles. The molecular weight excluding hydrogens is 274 g/mol. The number of nitrogens with zero attached hydrogens (tertiary/aromatic N) is 1. The molecule has 1 atom stereocenters. The van der Waals surface area contributed by atoms with E-state index < -0.39 is 38.2 Å². The smallest absolute Gasteiger partial charge is 0.358 e. The Bertz CT molecular complexity index is 618. The van der Waals surface area contributed by atoms with E-state index >= 15 is 0 Å². The Kier molecular flexibility index (Phi) is 3.46.